The maximum absolute atomic E-state index is 5.88. The van der Waals surface area contributed by atoms with Gasteiger partial charge in [0.1, 0.15) is 0 Å². The van der Waals surface area contributed by atoms with Crippen LogP contribution in [0.2, 0.25) is 0 Å². The van der Waals surface area contributed by atoms with E-state index in [1.165, 1.54) is 30.5 Å². The molecule has 0 radical (unpaired) electrons. The number of nitrogens with one attached hydrogen (secondary N) is 1. The maximum atomic E-state index is 5.88. The first-order valence-corrected chi connectivity index (χ1v) is 5.78. The Morgan fingerprint density at radius 1 is 1.33 bits per heavy atom. The third-order valence-electron chi connectivity index (χ3n) is 3.43. The van der Waals surface area contributed by atoms with Crippen LogP contribution in [0, 0.1) is 12.8 Å². The Bertz CT molecular complexity index is 346. The van der Waals surface area contributed by atoms with Crippen LogP contribution >= 0.6 is 0 Å². The standard InChI is InChI=1S/C13H20N2/c1-9-6-7-11(8-9)15-13-5-3-4-12(14)10(13)2/h3-5,9,11,15H,6-8,14H2,1-2H3. The van der Waals surface area contributed by atoms with Crippen LogP contribution in [-0.2, 0) is 0 Å². The Labute approximate surface area is 91.9 Å². The fourth-order valence-electron chi connectivity index (χ4n) is 2.37. The molecule has 2 atom stereocenters. The molecule has 2 unspecified atom stereocenters. The van der Waals surface area contributed by atoms with Crippen molar-refractivity contribution >= 4 is 11.4 Å². The molecule has 82 valence electrons. The van der Waals surface area contributed by atoms with Crippen LogP contribution < -0.4 is 11.1 Å². The molecule has 1 aromatic carbocycles. The van der Waals surface area contributed by atoms with Gasteiger partial charge in [0.2, 0.25) is 0 Å². The molecular formula is C13H20N2. The molecule has 1 aliphatic carbocycles. The average Bonchev–Trinajstić information content (AvgIpc) is 2.59. The van der Waals surface area contributed by atoms with Gasteiger partial charge in [-0.1, -0.05) is 13.0 Å². The Balaban J connectivity index is 2.07. The lowest BCUT2D eigenvalue weighted by Crippen LogP contribution is -2.16. The highest BCUT2D eigenvalue weighted by Crippen LogP contribution is 2.29. The van der Waals surface area contributed by atoms with E-state index in [0.717, 1.165) is 11.6 Å². The number of hydrogen-bond donors (Lipinski definition) is 2. The second-order valence-corrected chi connectivity index (χ2v) is 4.78. The van der Waals surface area contributed by atoms with Crippen LogP contribution in [0.3, 0.4) is 0 Å². The van der Waals surface area contributed by atoms with E-state index in [1.807, 2.05) is 12.1 Å². The van der Waals surface area contributed by atoms with Crippen molar-refractivity contribution in [1.29, 1.82) is 0 Å². The highest BCUT2D eigenvalue weighted by molar-refractivity contribution is 5.63. The van der Waals surface area contributed by atoms with Gasteiger partial charge >= 0.3 is 0 Å². The quantitative estimate of drug-likeness (QED) is 0.726. The molecule has 0 aromatic heterocycles. The van der Waals surface area contributed by atoms with Gasteiger partial charge in [-0.15, -0.1) is 0 Å². The molecule has 0 spiro atoms. The van der Waals surface area contributed by atoms with Crippen LogP contribution in [0.5, 0.6) is 0 Å². The minimum absolute atomic E-state index is 0.639. The van der Waals surface area contributed by atoms with Gasteiger partial charge in [-0.25, -0.2) is 0 Å². The lowest BCUT2D eigenvalue weighted by atomic mass is 10.1. The highest BCUT2D eigenvalue weighted by atomic mass is 14.9. The molecule has 0 aliphatic heterocycles. The molecule has 2 heteroatoms. The van der Waals surface area contributed by atoms with Crippen molar-refractivity contribution in [3.05, 3.63) is 23.8 Å². The second-order valence-electron chi connectivity index (χ2n) is 4.78. The summed E-state index contributed by atoms with van der Waals surface area (Å²) in [6, 6.07) is 6.73. The summed E-state index contributed by atoms with van der Waals surface area (Å²) in [4.78, 5) is 0. The number of nitrogens with two attached hydrogens (primary N) is 1. The molecule has 1 saturated carbocycles. The number of nitrogen functional groups attached to an aromatic ring is 1. The van der Waals surface area contributed by atoms with Gasteiger partial charge in [0.05, 0.1) is 0 Å². The smallest absolute Gasteiger partial charge is 0.0392 e. The van der Waals surface area contributed by atoms with E-state index in [9.17, 15) is 0 Å². The summed E-state index contributed by atoms with van der Waals surface area (Å²) >= 11 is 0. The van der Waals surface area contributed by atoms with E-state index in [0.29, 0.717) is 6.04 Å². The predicted octanol–water partition coefficient (Wildman–Crippen LogP) is 3.18. The molecule has 0 bridgehead atoms. The summed E-state index contributed by atoms with van der Waals surface area (Å²) in [7, 11) is 0. The zero-order chi connectivity index (χ0) is 10.8. The summed E-state index contributed by atoms with van der Waals surface area (Å²) in [5, 5.41) is 3.60. The molecule has 3 N–H and O–H groups in total. The summed E-state index contributed by atoms with van der Waals surface area (Å²) < 4.78 is 0. The number of rotatable bonds is 2. The van der Waals surface area contributed by atoms with E-state index < -0.39 is 0 Å². The lowest BCUT2D eigenvalue weighted by Gasteiger charge is -2.16. The van der Waals surface area contributed by atoms with E-state index in [-0.39, 0.29) is 0 Å². The van der Waals surface area contributed by atoms with Crippen LogP contribution in [0.15, 0.2) is 18.2 Å². The second kappa shape index (κ2) is 4.13. The number of anilines is 2. The average molecular weight is 204 g/mol. The van der Waals surface area contributed by atoms with Gasteiger partial charge in [0.15, 0.2) is 0 Å². The monoisotopic (exact) mass is 204 g/mol. The van der Waals surface area contributed by atoms with Crippen LogP contribution in [-0.4, -0.2) is 6.04 Å². The van der Waals surface area contributed by atoms with Crippen LogP contribution in [0.1, 0.15) is 31.7 Å². The molecular weight excluding hydrogens is 184 g/mol. The Hall–Kier alpha value is -1.18. The van der Waals surface area contributed by atoms with E-state index in [2.05, 4.69) is 25.2 Å². The zero-order valence-electron chi connectivity index (χ0n) is 9.59. The SMILES string of the molecule is Cc1c(N)cccc1NC1CCC(C)C1. The van der Waals surface area contributed by atoms with Crippen LogP contribution in [0.4, 0.5) is 11.4 Å². The predicted molar refractivity (Wildman–Crippen MR) is 66.0 cm³/mol. The summed E-state index contributed by atoms with van der Waals surface area (Å²) in [6.45, 7) is 4.41. The highest BCUT2D eigenvalue weighted by Gasteiger charge is 2.21. The van der Waals surface area contributed by atoms with Gasteiger partial charge in [-0.05, 0) is 49.8 Å². The fourth-order valence-corrected chi connectivity index (χ4v) is 2.37. The first kappa shape index (κ1) is 10.3. The van der Waals surface area contributed by atoms with Crippen molar-refractivity contribution in [2.24, 2.45) is 5.92 Å². The first-order valence-electron chi connectivity index (χ1n) is 5.78. The molecule has 0 saturated heterocycles. The Morgan fingerprint density at radius 2 is 2.13 bits per heavy atom. The number of hydrogen-bond acceptors (Lipinski definition) is 2. The van der Waals surface area contributed by atoms with Gasteiger partial charge in [0.25, 0.3) is 0 Å². The topological polar surface area (TPSA) is 38.0 Å². The molecule has 2 nitrogen and oxygen atoms in total. The summed E-state index contributed by atoms with van der Waals surface area (Å²) in [5.74, 6) is 0.865. The Morgan fingerprint density at radius 3 is 2.80 bits per heavy atom. The molecule has 15 heavy (non-hydrogen) atoms. The van der Waals surface area contributed by atoms with Crippen molar-refractivity contribution in [2.45, 2.75) is 39.2 Å². The van der Waals surface area contributed by atoms with Gasteiger partial charge in [0, 0.05) is 17.4 Å². The van der Waals surface area contributed by atoms with Gasteiger partial charge in [-0.3, -0.25) is 0 Å². The van der Waals surface area contributed by atoms with Crippen molar-refractivity contribution < 1.29 is 0 Å². The third kappa shape index (κ3) is 2.25. The third-order valence-corrected chi connectivity index (χ3v) is 3.43. The molecule has 1 fully saturated rings. The van der Waals surface area contributed by atoms with Crippen molar-refractivity contribution in [2.75, 3.05) is 11.1 Å². The van der Waals surface area contributed by atoms with E-state index in [4.69, 9.17) is 5.73 Å². The van der Waals surface area contributed by atoms with Gasteiger partial charge < -0.3 is 11.1 Å². The molecule has 0 amide bonds. The van der Waals surface area contributed by atoms with Crippen molar-refractivity contribution in [3.8, 4) is 0 Å². The van der Waals surface area contributed by atoms with Crippen molar-refractivity contribution in [3.63, 3.8) is 0 Å². The Kier molecular flexibility index (Phi) is 2.85. The minimum atomic E-state index is 0.639. The first-order chi connectivity index (χ1) is 7.16. The fraction of sp³-hybridized carbons (Fsp3) is 0.538. The van der Waals surface area contributed by atoms with Crippen molar-refractivity contribution in [1.82, 2.24) is 0 Å². The van der Waals surface area contributed by atoms with E-state index in [1.54, 1.807) is 0 Å². The largest absolute Gasteiger partial charge is 0.398 e. The molecule has 1 aromatic rings. The normalized spacial score (nSPS) is 25.5. The maximum Gasteiger partial charge on any atom is 0.0392 e. The molecule has 1 aliphatic rings. The summed E-state index contributed by atoms with van der Waals surface area (Å²) in [6.07, 6.45) is 3.92. The summed E-state index contributed by atoms with van der Waals surface area (Å²) in [5.41, 5.74) is 9.14. The number of benzene rings is 1. The van der Waals surface area contributed by atoms with E-state index >= 15 is 0 Å². The lowest BCUT2D eigenvalue weighted by molar-refractivity contribution is 0.602. The zero-order valence-corrected chi connectivity index (χ0v) is 9.59. The minimum Gasteiger partial charge on any atom is -0.398 e. The molecule has 0 heterocycles. The van der Waals surface area contributed by atoms with Gasteiger partial charge in [-0.2, -0.15) is 0 Å². The molecule has 2 rings (SSSR count). The van der Waals surface area contributed by atoms with Crippen LogP contribution in [0.25, 0.3) is 0 Å².